The van der Waals surface area contributed by atoms with E-state index in [2.05, 4.69) is 61.3 Å². The number of thiocarbonyl (C=S) groups is 1. The van der Waals surface area contributed by atoms with Crippen LogP contribution < -0.4 is 10.2 Å². The Morgan fingerprint density at radius 2 is 1.70 bits per heavy atom. The van der Waals surface area contributed by atoms with Gasteiger partial charge in [-0.15, -0.1) is 0 Å². The second kappa shape index (κ2) is 11.3. The van der Waals surface area contributed by atoms with Crippen molar-refractivity contribution in [2.45, 2.75) is 28.4 Å². The van der Waals surface area contributed by atoms with Gasteiger partial charge in [0.15, 0.2) is 5.11 Å². The van der Waals surface area contributed by atoms with E-state index in [0.29, 0.717) is 11.7 Å². The molecule has 0 unspecified atom stereocenters. The van der Waals surface area contributed by atoms with E-state index in [1.165, 1.54) is 12.1 Å². The van der Waals surface area contributed by atoms with Gasteiger partial charge in [-0.05, 0) is 84.5 Å². The van der Waals surface area contributed by atoms with Gasteiger partial charge >= 0.3 is 0 Å². The molecule has 1 aliphatic heterocycles. The van der Waals surface area contributed by atoms with Gasteiger partial charge in [-0.2, -0.15) is 0 Å². The maximum Gasteiger partial charge on any atom is 0.269 e. The number of nitro benzene ring substituents is 1. The van der Waals surface area contributed by atoms with Crippen molar-refractivity contribution in [2.75, 3.05) is 4.90 Å². The Morgan fingerprint density at radius 1 is 0.925 bits per heavy atom. The maximum atomic E-state index is 11.0. The van der Waals surface area contributed by atoms with E-state index in [1.807, 2.05) is 42.6 Å². The molecule has 6 rings (SSSR count). The van der Waals surface area contributed by atoms with E-state index < -0.39 is 4.92 Å². The minimum Gasteiger partial charge on any atom is -0.351 e. The summed E-state index contributed by atoms with van der Waals surface area (Å²) in [5.41, 5.74) is 4.18. The summed E-state index contributed by atoms with van der Waals surface area (Å²) >= 11 is 7.45. The van der Waals surface area contributed by atoms with Crippen LogP contribution in [0.2, 0.25) is 0 Å². The summed E-state index contributed by atoms with van der Waals surface area (Å²) in [6.45, 7) is 0.688. The molecule has 5 aromatic rings. The molecule has 10 heteroatoms. The van der Waals surface area contributed by atoms with Crippen LogP contribution >= 0.6 is 24.0 Å². The first-order valence-electron chi connectivity index (χ1n) is 12.6. The van der Waals surface area contributed by atoms with Gasteiger partial charge in [0.05, 0.1) is 16.7 Å². The van der Waals surface area contributed by atoms with Gasteiger partial charge in [0.1, 0.15) is 6.04 Å². The monoisotopic (exact) mass is 564 g/mol. The summed E-state index contributed by atoms with van der Waals surface area (Å²) in [5, 5.41) is 15.1. The molecule has 2 aromatic carbocycles. The van der Waals surface area contributed by atoms with E-state index in [-0.39, 0.29) is 17.8 Å². The molecule has 0 spiro atoms. The van der Waals surface area contributed by atoms with Crippen LogP contribution in [0.1, 0.15) is 29.0 Å². The lowest BCUT2D eigenvalue weighted by Gasteiger charge is -2.29. The zero-order valence-electron chi connectivity index (χ0n) is 21.2. The number of pyridine rings is 2. The predicted molar refractivity (Wildman–Crippen MR) is 159 cm³/mol. The third-order valence-corrected chi connectivity index (χ3v) is 8.07. The molecule has 1 fully saturated rings. The van der Waals surface area contributed by atoms with Gasteiger partial charge in [-0.1, -0.05) is 23.9 Å². The fraction of sp³-hybridized carbons (Fsp3) is 0.100. The molecular weight excluding hydrogens is 541 g/mol. The third kappa shape index (κ3) is 5.31. The van der Waals surface area contributed by atoms with Crippen LogP contribution in [0, 0.1) is 10.1 Å². The molecule has 4 heterocycles. The molecule has 0 aliphatic carbocycles. The Kier molecular flexibility index (Phi) is 7.26. The Bertz CT molecular complexity index is 1630. The van der Waals surface area contributed by atoms with Crippen LogP contribution in [0.3, 0.4) is 0 Å². The second-order valence-electron chi connectivity index (χ2n) is 9.27. The van der Waals surface area contributed by atoms with Gasteiger partial charge in [-0.3, -0.25) is 20.1 Å². The van der Waals surface area contributed by atoms with Crippen molar-refractivity contribution in [3.8, 4) is 0 Å². The Labute approximate surface area is 240 Å². The first-order valence-corrected chi connectivity index (χ1v) is 13.9. The first-order chi connectivity index (χ1) is 19.6. The number of benzene rings is 2. The van der Waals surface area contributed by atoms with E-state index in [0.717, 1.165) is 32.4 Å². The molecular formula is C30H24N6O2S2. The van der Waals surface area contributed by atoms with Gasteiger partial charge in [0.25, 0.3) is 5.69 Å². The summed E-state index contributed by atoms with van der Waals surface area (Å²) < 4.78 is 2.24. The molecule has 0 amide bonds. The lowest BCUT2D eigenvalue weighted by atomic mass is 10.0. The van der Waals surface area contributed by atoms with Gasteiger partial charge in [0, 0.05) is 64.6 Å². The highest BCUT2D eigenvalue weighted by Gasteiger charge is 2.42. The van der Waals surface area contributed by atoms with E-state index in [1.54, 1.807) is 36.3 Å². The molecule has 3 aromatic heterocycles. The van der Waals surface area contributed by atoms with Crippen LogP contribution in [0.4, 0.5) is 11.4 Å². The van der Waals surface area contributed by atoms with Gasteiger partial charge < -0.3 is 14.8 Å². The zero-order chi connectivity index (χ0) is 27.5. The number of aromatic nitrogens is 3. The largest absolute Gasteiger partial charge is 0.351 e. The summed E-state index contributed by atoms with van der Waals surface area (Å²) in [6, 6.07) is 28.6. The van der Waals surface area contributed by atoms with E-state index in [9.17, 15) is 10.1 Å². The summed E-state index contributed by atoms with van der Waals surface area (Å²) in [4.78, 5) is 23.6. The van der Waals surface area contributed by atoms with Crippen molar-refractivity contribution < 1.29 is 4.92 Å². The van der Waals surface area contributed by atoms with Crippen molar-refractivity contribution >= 4 is 40.5 Å². The van der Waals surface area contributed by atoms with E-state index in [4.69, 9.17) is 12.2 Å². The highest BCUT2D eigenvalue weighted by atomic mass is 32.2. The number of nitro groups is 1. The van der Waals surface area contributed by atoms with Crippen molar-refractivity contribution in [1.82, 2.24) is 19.9 Å². The fourth-order valence-electron chi connectivity index (χ4n) is 4.91. The van der Waals surface area contributed by atoms with Crippen molar-refractivity contribution in [1.29, 1.82) is 0 Å². The van der Waals surface area contributed by atoms with Gasteiger partial charge in [0.2, 0.25) is 0 Å². The standard InChI is InChI=1S/C30H24N6O2S2/c37-36(38)23-10-14-25(15-11-23)40-24-12-8-22(9-13-24)35-29(28(33-30(35)39)26-6-1-2-17-32-26)27-7-4-18-34(27)20-21-5-3-16-31-19-21/h1-19,28-29H,20H2,(H,33,39)/t28-,29-/m0/s1. The maximum absolute atomic E-state index is 11.0. The average Bonchev–Trinajstić information content (AvgIpc) is 3.58. The number of hydrogen-bond acceptors (Lipinski definition) is 6. The van der Waals surface area contributed by atoms with Crippen LogP contribution in [-0.2, 0) is 6.54 Å². The van der Waals surface area contributed by atoms with Crippen LogP contribution in [0.25, 0.3) is 0 Å². The molecule has 1 saturated heterocycles. The minimum atomic E-state index is -0.391. The highest BCUT2D eigenvalue weighted by Crippen LogP contribution is 2.42. The number of nitrogens with zero attached hydrogens (tertiary/aromatic N) is 5. The van der Waals surface area contributed by atoms with Crippen LogP contribution in [0.15, 0.2) is 126 Å². The molecule has 2 atom stereocenters. The Balaban J connectivity index is 1.32. The van der Waals surface area contributed by atoms with Crippen LogP contribution in [0.5, 0.6) is 0 Å². The molecule has 1 N–H and O–H groups in total. The molecule has 8 nitrogen and oxygen atoms in total. The third-order valence-electron chi connectivity index (χ3n) is 6.74. The molecule has 1 aliphatic rings. The molecule has 0 bridgehead atoms. The normalized spacial score (nSPS) is 16.6. The topological polar surface area (TPSA) is 89.1 Å². The summed E-state index contributed by atoms with van der Waals surface area (Å²) in [5.74, 6) is 0. The Morgan fingerprint density at radius 3 is 2.38 bits per heavy atom. The highest BCUT2D eigenvalue weighted by molar-refractivity contribution is 7.99. The molecule has 40 heavy (non-hydrogen) atoms. The lowest BCUT2D eigenvalue weighted by Crippen LogP contribution is -2.30. The smallest absolute Gasteiger partial charge is 0.269 e. The fourth-order valence-corrected chi connectivity index (χ4v) is 6.07. The van der Waals surface area contributed by atoms with Crippen molar-refractivity contribution in [3.63, 3.8) is 0 Å². The van der Waals surface area contributed by atoms with Crippen molar-refractivity contribution in [3.05, 3.63) is 143 Å². The number of nitrogens with one attached hydrogen (secondary N) is 1. The Hall–Kier alpha value is -4.54. The number of non-ortho nitro benzene ring substituents is 1. The summed E-state index contributed by atoms with van der Waals surface area (Å²) in [6.07, 6.45) is 7.55. The quantitative estimate of drug-likeness (QED) is 0.129. The first kappa shape index (κ1) is 25.7. The van der Waals surface area contributed by atoms with Crippen molar-refractivity contribution in [2.24, 2.45) is 0 Å². The lowest BCUT2D eigenvalue weighted by molar-refractivity contribution is -0.384. The minimum absolute atomic E-state index is 0.0801. The number of rotatable bonds is 8. The molecule has 0 radical (unpaired) electrons. The van der Waals surface area contributed by atoms with Crippen LogP contribution in [-0.4, -0.2) is 24.6 Å². The van der Waals surface area contributed by atoms with E-state index >= 15 is 0 Å². The number of hydrogen-bond donors (Lipinski definition) is 1. The zero-order valence-corrected chi connectivity index (χ0v) is 22.8. The second-order valence-corrected chi connectivity index (χ2v) is 10.8. The predicted octanol–water partition coefficient (Wildman–Crippen LogP) is 6.56. The number of anilines is 1. The average molecular weight is 565 g/mol. The van der Waals surface area contributed by atoms with Gasteiger partial charge in [-0.25, -0.2) is 0 Å². The summed E-state index contributed by atoms with van der Waals surface area (Å²) in [7, 11) is 0. The molecule has 198 valence electrons. The molecule has 0 saturated carbocycles. The SMILES string of the molecule is O=[N+]([O-])c1ccc(Sc2ccc(N3C(=S)N[C@@H](c4ccccn4)[C@@H]3c3cccn3Cc3cccnc3)cc2)cc1.